The lowest BCUT2D eigenvalue weighted by Gasteiger charge is -2.09. The van der Waals surface area contributed by atoms with Gasteiger partial charge in [0.1, 0.15) is 12.1 Å². The molecule has 0 aliphatic rings. The fourth-order valence-corrected chi connectivity index (χ4v) is 1.25. The third kappa shape index (κ3) is 2.28. The van der Waals surface area contributed by atoms with Gasteiger partial charge in [0.2, 0.25) is 0 Å². The van der Waals surface area contributed by atoms with E-state index in [9.17, 15) is 4.79 Å². The number of nitrogen functional groups attached to an aromatic ring is 1. The van der Waals surface area contributed by atoms with Crippen LogP contribution in [0.25, 0.3) is 0 Å². The van der Waals surface area contributed by atoms with E-state index in [0.717, 1.165) is 17.4 Å². The van der Waals surface area contributed by atoms with Gasteiger partial charge < -0.3 is 10.5 Å². The first-order valence-corrected chi connectivity index (χ1v) is 4.30. The van der Waals surface area contributed by atoms with Gasteiger partial charge in [0.15, 0.2) is 0 Å². The zero-order valence-electron chi connectivity index (χ0n) is 7.95. The van der Waals surface area contributed by atoms with Gasteiger partial charge in [0.25, 0.3) is 0 Å². The average Bonchev–Trinajstić information content (AvgIpc) is 2.11. The number of hydrogen-bond acceptors (Lipinski definition) is 3. The fraction of sp³-hybridized carbons (Fsp3) is 0.400. The molecule has 0 aromatic carbocycles. The molecule has 3 nitrogen and oxygen atoms in total. The molecular formula is C10H14N2O. The van der Waals surface area contributed by atoms with Crippen LogP contribution in [0.5, 0.6) is 0 Å². The van der Waals surface area contributed by atoms with Crippen LogP contribution in [0, 0.1) is 12.8 Å². The van der Waals surface area contributed by atoms with Crippen molar-refractivity contribution in [3.63, 3.8) is 0 Å². The monoisotopic (exact) mass is 178 g/mol. The summed E-state index contributed by atoms with van der Waals surface area (Å²) in [5, 5.41) is 0. The van der Waals surface area contributed by atoms with E-state index in [1.807, 2.05) is 19.9 Å². The number of nitrogens with zero attached hydrogens (tertiary/aromatic N) is 1. The van der Waals surface area contributed by atoms with Crippen molar-refractivity contribution in [3.8, 4) is 0 Å². The third-order valence-corrected chi connectivity index (χ3v) is 2.08. The van der Waals surface area contributed by atoms with Crippen LogP contribution >= 0.6 is 0 Å². The van der Waals surface area contributed by atoms with E-state index in [1.165, 1.54) is 0 Å². The smallest absolute Gasteiger partial charge is 0.126 e. The molecule has 0 fully saturated rings. The van der Waals surface area contributed by atoms with E-state index in [-0.39, 0.29) is 5.92 Å². The van der Waals surface area contributed by atoms with Crippen molar-refractivity contribution >= 4 is 12.1 Å². The van der Waals surface area contributed by atoms with Gasteiger partial charge in [-0.15, -0.1) is 0 Å². The second-order valence-electron chi connectivity index (χ2n) is 3.31. The number of aryl methyl sites for hydroxylation is 1. The van der Waals surface area contributed by atoms with Gasteiger partial charge in [0.05, 0.1) is 0 Å². The van der Waals surface area contributed by atoms with Crippen LogP contribution in [0.1, 0.15) is 18.1 Å². The highest BCUT2D eigenvalue weighted by molar-refractivity contribution is 5.55. The van der Waals surface area contributed by atoms with Gasteiger partial charge in [-0.3, -0.25) is 0 Å². The minimum absolute atomic E-state index is 0.00481. The second-order valence-corrected chi connectivity index (χ2v) is 3.31. The van der Waals surface area contributed by atoms with E-state index in [2.05, 4.69) is 4.98 Å². The van der Waals surface area contributed by atoms with Crippen molar-refractivity contribution < 1.29 is 4.79 Å². The molecule has 0 saturated carbocycles. The summed E-state index contributed by atoms with van der Waals surface area (Å²) in [6.45, 7) is 3.85. The summed E-state index contributed by atoms with van der Waals surface area (Å²) < 4.78 is 0. The van der Waals surface area contributed by atoms with Crippen LogP contribution in [-0.2, 0) is 11.2 Å². The van der Waals surface area contributed by atoms with Crippen molar-refractivity contribution in [2.45, 2.75) is 20.3 Å². The van der Waals surface area contributed by atoms with Crippen LogP contribution in [0.15, 0.2) is 12.3 Å². The average molecular weight is 178 g/mol. The molecule has 0 saturated heterocycles. The Hall–Kier alpha value is -1.38. The molecule has 0 aliphatic carbocycles. The first kappa shape index (κ1) is 9.71. The Morgan fingerprint density at radius 3 is 2.92 bits per heavy atom. The Morgan fingerprint density at radius 2 is 2.38 bits per heavy atom. The Labute approximate surface area is 78.0 Å². The molecule has 1 heterocycles. The standard InChI is InChI=1S/C10H14N2O/c1-7(6-13)5-9-8(2)3-4-12-10(9)11/h3-4,6-7H,5H2,1-2H3,(H2,11,12). The Balaban J connectivity index is 2.93. The molecule has 1 aromatic heterocycles. The molecule has 13 heavy (non-hydrogen) atoms. The van der Waals surface area contributed by atoms with E-state index >= 15 is 0 Å². The van der Waals surface area contributed by atoms with Crippen LogP contribution in [0.2, 0.25) is 0 Å². The van der Waals surface area contributed by atoms with Gasteiger partial charge in [-0.05, 0) is 30.5 Å². The summed E-state index contributed by atoms with van der Waals surface area (Å²) in [5.41, 5.74) is 7.78. The second kappa shape index (κ2) is 4.03. The number of rotatable bonds is 3. The molecule has 70 valence electrons. The lowest BCUT2D eigenvalue weighted by atomic mass is 9.99. The summed E-state index contributed by atoms with van der Waals surface area (Å²) >= 11 is 0. The van der Waals surface area contributed by atoms with Crippen molar-refractivity contribution in [3.05, 3.63) is 23.4 Å². The predicted molar refractivity (Wildman–Crippen MR) is 52.3 cm³/mol. The maximum Gasteiger partial charge on any atom is 0.126 e. The minimum Gasteiger partial charge on any atom is -0.383 e. The summed E-state index contributed by atoms with van der Waals surface area (Å²) in [4.78, 5) is 14.5. The highest BCUT2D eigenvalue weighted by Gasteiger charge is 2.08. The normalized spacial score (nSPS) is 12.5. The summed E-state index contributed by atoms with van der Waals surface area (Å²) in [7, 11) is 0. The zero-order chi connectivity index (χ0) is 9.84. The number of aromatic nitrogens is 1. The molecule has 2 N–H and O–H groups in total. The number of anilines is 1. The molecule has 1 rings (SSSR count). The molecule has 0 aliphatic heterocycles. The number of hydrogen-bond donors (Lipinski definition) is 1. The fourth-order valence-electron chi connectivity index (χ4n) is 1.25. The summed E-state index contributed by atoms with van der Waals surface area (Å²) in [6, 6.07) is 1.91. The van der Waals surface area contributed by atoms with E-state index in [4.69, 9.17) is 5.73 Å². The molecule has 3 heteroatoms. The maximum absolute atomic E-state index is 10.5. The van der Waals surface area contributed by atoms with Gasteiger partial charge >= 0.3 is 0 Å². The summed E-state index contributed by atoms with van der Waals surface area (Å²) in [5.74, 6) is 0.541. The van der Waals surface area contributed by atoms with Crippen LogP contribution in [0.3, 0.4) is 0 Å². The number of pyridine rings is 1. The molecule has 0 bridgehead atoms. The lowest BCUT2D eigenvalue weighted by molar-refractivity contribution is -0.110. The highest BCUT2D eigenvalue weighted by Crippen LogP contribution is 2.16. The molecule has 1 aromatic rings. The van der Waals surface area contributed by atoms with E-state index < -0.39 is 0 Å². The SMILES string of the molecule is Cc1ccnc(N)c1CC(C)C=O. The van der Waals surface area contributed by atoms with E-state index in [0.29, 0.717) is 12.2 Å². The number of aldehydes is 1. The predicted octanol–water partition coefficient (Wildman–Crippen LogP) is 1.35. The Morgan fingerprint density at radius 1 is 1.69 bits per heavy atom. The minimum atomic E-state index is 0.00481. The third-order valence-electron chi connectivity index (χ3n) is 2.08. The number of carbonyl (C=O) groups is 1. The first-order chi connectivity index (χ1) is 6.15. The molecule has 0 amide bonds. The van der Waals surface area contributed by atoms with Gasteiger partial charge in [-0.2, -0.15) is 0 Å². The molecule has 1 atom stereocenters. The van der Waals surface area contributed by atoms with Crippen molar-refractivity contribution in [2.24, 2.45) is 5.92 Å². The van der Waals surface area contributed by atoms with E-state index in [1.54, 1.807) is 6.20 Å². The Bertz CT molecular complexity index is 290. The molecule has 1 unspecified atom stereocenters. The largest absolute Gasteiger partial charge is 0.383 e. The van der Waals surface area contributed by atoms with Crippen molar-refractivity contribution in [1.29, 1.82) is 0 Å². The molecule has 0 radical (unpaired) electrons. The van der Waals surface area contributed by atoms with Crippen molar-refractivity contribution in [2.75, 3.05) is 5.73 Å². The quantitative estimate of drug-likeness (QED) is 0.711. The van der Waals surface area contributed by atoms with Crippen molar-refractivity contribution in [1.82, 2.24) is 4.98 Å². The topological polar surface area (TPSA) is 56.0 Å². The number of carbonyl (C=O) groups excluding carboxylic acids is 1. The zero-order valence-corrected chi connectivity index (χ0v) is 7.95. The van der Waals surface area contributed by atoms with Gasteiger partial charge in [-0.25, -0.2) is 4.98 Å². The maximum atomic E-state index is 10.5. The van der Waals surface area contributed by atoms with Crippen LogP contribution in [-0.4, -0.2) is 11.3 Å². The first-order valence-electron chi connectivity index (χ1n) is 4.30. The van der Waals surface area contributed by atoms with Crippen LogP contribution in [0.4, 0.5) is 5.82 Å². The number of nitrogens with two attached hydrogens (primary N) is 1. The van der Waals surface area contributed by atoms with Gasteiger partial charge in [-0.1, -0.05) is 6.92 Å². The van der Waals surface area contributed by atoms with Crippen LogP contribution < -0.4 is 5.73 Å². The van der Waals surface area contributed by atoms with Gasteiger partial charge in [0, 0.05) is 12.1 Å². The summed E-state index contributed by atoms with van der Waals surface area (Å²) in [6.07, 6.45) is 3.29. The molecule has 0 spiro atoms. The molecular weight excluding hydrogens is 164 g/mol. The highest BCUT2D eigenvalue weighted by atomic mass is 16.1. The Kier molecular flexibility index (Phi) is 3.01. The lowest BCUT2D eigenvalue weighted by Crippen LogP contribution is -2.06.